The van der Waals surface area contributed by atoms with Crippen LogP contribution in [-0.2, 0) is 0 Å². The Morgan fingerprint density at radius 3 is 0.742 bits per heavy atom. The summed E-state index contributed by atoms with van der Waals surface area (Å²) in [4.78, 5) is 4.83. The summed E-state index contributed by atoms with van der Waals surface area (Å²) in [5, 5.41) is 193. The Morgan fingerprint density at radius 2 is 0.515 bits per heavy atom. The normalized spacial score (nSPS) is 16.8. The quantitative estimate of drug-likeness (QED) is 0.0519. The van der Waals surface area contributed by atoms with Crippen molar-refractivity contribution < 1.29 is 119 Å². The molecule has 0 saturated heterocycles. The maximum absolute atomic E-state index is 11.2. The Hall–Kier alpha value is -8.60. The van der Waals surface area contributed by atoms with Crippen molar-refractivity contribution in [2.45, 2.75) is 0 Å². The van der Waals surface area contributed by atoms with Crippen LogP contribution in [0.4, 0.5) is 0 Å². The standard InChI is InChI=1S/C36H32N3O24P3/c40-13-1-7-19(31(52)25(13)46)58-65(59-20-8-2-14(41)26(47)32(20)53,60-21-9-3-15(42)27(48)33(21)54)37-64-38-66(39-65,61-22-10-4-16(43)28(49)34(22)55,62-23-11-5-17(44)29(50)35(23)56)63-24-12-6-18(45)30(51)36(24)57/h1-12,39-57H,(H,37,38). The molecule has 20 N–H and O–H groups in total. The molecule has 1 aliphatic heterocycles. The van der Waals surface area contributed by atoms with Gasteiger partial charge in [0.1, 0.15) is 0 Å². The number of benzene rings is 6. The Bertz CT molecular complexity index is 2720. The average molecular weight is 984 g/mol. The molecule has 0 aromatic heterocycles. The fourth-order valence-electron chi connectivity index (χ4n) is 5.66. The van der Waals surface area contributed by atoms with Crippen LogP contribution in [0.5, 0.6) is 138 Å². The van der Waals surface area contributed by atoms with Crippen LogP contribution in [0.1, 0.15) is 0 Å². The van der Waals surface area contributed by atoms with Crippen LogP contribution in [0.25, 0.3) is 0 Å². The van der Waals surface area contributed by atoms with Gasteiger partial charge in [0.2, 0.25) is 0 Å². The van der Waals surface area contributed by atoms with Gasteiger partial charge in [-0.05, 0) is 0 Å². The van der Waals surface area contributed by atoms with E-state index in [2.05, 4.69) is 14.2 Å². The number of rotatable bonds is 12. The predicted octanol–water partition coefficient (Wildman–Crippen LogP) is 5.66. The fraction of sp³-hybridized carbons (Fsp3) is 0. The second-order valence-corrected chi connectivity index (χ2v) is 20.4. The van der Waals surface area contributed by atoms with E-state index in [0.717, 1.165) is 0 Å². The van der Waals surface area contributed by atoms with Crippen molar-refractivity contribution in [1.82, 2.24) is 9.72 Å². The maximum atomic E-state index is 11.2. The fourth-order valence-corrected chi connectivity index (χ4v) is 15.9. The van der Waals surface area contributed by atoms with E-state index in [1.165, 1.54) is 0 Å². The van der Waals surface area contributed by atoms with E-state index in [1.807, 2.05) is 0 Å². The molecule has 6 aromatic rings. The molecule has 350 valence electrons. The first-order valence-electron chi connectivity index (χ1n) is 17.6. The number of hydrogen-bond donors (Lipinski definition) is 20. The van der Waals surface area contributed by atoms with Crippen molar-refractivity contribution in [1.29, 1.82) is 0 Å². The molecular formula is C36H32N3O24P3. The van der Waals surface area contributed by atoms with E-state index in [4.69, 9.17) is 27.1 Å². The van der Waals surface area contributed by atoms with Crippen LogP contribution in [0, 0.1) is 0 Å². The minimum atomic E-state index is -7.17. The first-order valence-corrected chi connectivity index (χ1v) is 22.4. The van der Waals surface area contributed by atoms with Gasteiger partial charge in [0.25, 0.3) is 0 Å². The summed E-state index contributed by atoms with van der Waals surface area (Å²) in [5.41, 5.74) is 0. The van der Waals surface area contributed by atoms with Crippen LogP contribution in [-0.4, -0.2) is 91.9 Å². The first kappa shape index (κ1) is 45.4. The monoisotopic (exact) mass is 983 g/mol. The van der Waals surface area contributed by atoms with Crippen LogP contribution < -0.4 is 36.9 Å². The Balaban J connectivity index is 1.70. The van der Waals surface area contributed by atoms with Gasteiger partial charge >= 0.3 is 368 Å². The van der Waals surface area contributed by atoms with Crippen molar-refractivity contribution in [3.8, 4) is 138 Å². The zero-order valence-electron chi connectivity index (χ0n) is 32.2. The van der Waals surface area contributed by atoms with E-state index in [0.29, 0.717) is 72.8 Å². The Kier molecular flexibility index (Phi) is 10.7. The second-order valence-electron chi connectivity index (χ2n) is 13.3. The average Bonchev–Trinajstić information content (AvgIpc) is 3.28. The summed E-state index contributed by atoms with van der Waals surface area (Å²) >= 11 is 0. The molecule has 0 fully saturated rings. The van der Waals surface area contributed by atoms with Crippen LogP contribution >= 0.6 is 23.7 Å². The summed E-state index contributed by atoms with van der Waals surface area (Å²) < 4.78 is 41.8. The van der Waals surface area contributed by atoms with Crippen molar-refractivity contribution >= 4 is 23.7 Å². The molecule has 27 nitrogen and oxygen atoms in total. The van der Waals surface area contributed by atoms with Gasteiger partial charge in [0.05, 0.1) is 0 Å². The third kappa shape index (κ3) is 7.55. The molecule has 7 rings (SSSR count). The van der Waals surface area contributed by atoms with Gasteiger partial charge in [-0.3, -0.25) is 0 Å². The van der Waals surface area contributed by atoms with Crippen molar-refractivity contribution in [2.75, 3.05) is 0 Å². The molecule has 0 unspecified atom stereocenters. The minimum absolute atomic E-state index is 0.693. The number of aromatic hydroxyl groups is 18. The van der Waals surface area contributed by atoms with Crippen molar-refractivity contribution in [2.24, 2.45) is 4.52 Å². The molecule has 0 saturated carbocycles. The molecule has 1 heterocycles. The van der Waals surface area contributed by atoms with Gasteiger partial charge < -0.3 is 0 Å². The third-order valence-electron chi connectivity index (χ3n) is 8.88. The number of phenolic OH excluding ortho intramolecular Hbond substituents is 18. The number of nitrogens with one attached hydrogen (secondary N) is 2. The van der Waals surface area contributed by atoms with Gasteiger partial charge in [-0.25, -0.2) is 0 Å². The molecule has 66 heavy (non-hydrogen) atoms. The molecule has 6 aromatic carbocycles. The van der Waals surface area contributed by atoms with Gasteiger partial charge in [-0.15, -0.1) is 0 Å². The van der Waals surface area contributed by atoms with Gasteiger partial charge in [0.15, 0.2) is 0 Å². The molecule has 0 radical (unpaired) electrons. The summed E-state index contributed by atoms with van der Waals surface area (Å²) in [6.45, 7) is 0. The molecule has 0 atom stereocenters. The van der Waals surface area contributed by atoms with E-state index in [-0.39, 0.29) is 0 Å². The first-order chi connectivity index (χ1) is 30.9. The number of nitrogens with zero attached hydrogens (tertiary/aromatic N) is 1. The Morgan fingerprint density at radius 1 is 0.303 bits per heavy atom. The van der Waals surface area contributed by atoms with Crippen molar-refractivity contribution in [3.05, 3.63) is 72.8 Å². The van der Waals surface area contributed by atoms with Crippen LogP contribution in [0.3, 0.4) is 0 Å². The Labute approximate surface area is 367 Å². The van der Waals surface area contributed by atoms with E-state index in [1.54, 1.807) is 0 Å². The third-order valence-corrected chi connectivity index (χ3v) is 18.1. The van der Waals surface area contributed by atoms with E-state index >= 15 is 0 Å². The topological polar surface area (TPSA) is 456 Å². The molecule has 0 spiro atoms. The summed E-state index contributed by atoms with van der Waals surface area (Å²) in [6, 6.07) is 8.38. The van der Waals surface area contributed by atoms with Gasteiger partial charge in [-0.1, -0.05) is 0 Å². The second kappa shape index (κ2) is 15.6. The van der Waals surface area contributed by atoms with E-state index < -0.39 is 162 Å². The molecule has 0 bridgehead atoms. The molecular weight excluding hydrogens is 951 g/mol. The molecule has 0 amide bonds. The number of phenols is 18. The summed E-state index contributed by atoms with van der Waals surface area (Å²) in [6.07, 6.45) is 0. The van der Waals surface area contributed by atoms with Crippen LogP contribution in [0.2, 0.25) is 0 Å². The molecule has 30 heteroatoms. The predicted molar refractivity (Wildman–Crippen MR) is 222 cm³/mol. The van der Waals surface area contributed by atoms with Gasteiger partial charge in [-0.2, -0.15) is 0 Å². The van der Waals surface area contributed by atoms with Crippen molar-refractivity contribution in [3.63, 3.8) is 0 Å². The zero-order chi connectivity index (χ0) is 48.3. The molecule has 1 aliphatic rings. The van der Waals surface area contributed by atoms with E-state index in [9.17, 15) is 91.9 Å². The molecule has 0 aliphatic carbocycles. The SMILES string of the molecule is Oc1ccc(OP2(Oc3ccc(O)c(O)c3O)(Oc3ccc(O)c(O)c3O)N=PNP(Oc3ccc(O)c(O)c3O)(Oc3ccc(O)c(O)c3O)(Oc3ccc(O)c(O)c3O)N2)c(O)c1O. The summed E-state index contributed by atoms with van der Waals surface area (Å²) in [5.74, 6) is -28.8. The van der Waals surface area contributed by atoms with Gasteiger partial charge in [0, 0.05) is 0 Å². The summed E-state index contributed by atoms with van der Waals surface area (Å²) in [7, 11) is -15.2. The van der Waals surface area contributed by atoms with Crippen LogP contribution in [0.15, 0.2) is 77.3 Å². The number of hydrogen-bond acceptors (Lipinski definition) is 27. The zero-order valence-corrected chi connectivity index (χ0v) is 34.9.